The Labute approximate surface area is 149 Å². The monoisotopic (exact) mass is 360 g/mol. The second-order valence-electron chi connectivity index (χ2n) is 6.15. The minimum atomic E-state index is -3.55. The van der Waals surface area contributed by atoms with Crippen LogP contribution in [0.5, 0.6) is 0 Å². The Morgan fingerprint density at radius 3 is 2.36 bits per heavy atom. The molecule has 0 radical (unpaired) electrons. The second kappa shape index (κ2) is 8.16. The Kier molecular flexibility index (Phi) is 6.20. The molecule has 0 atom stereocenters. The number of benzene rings is 2. The number of carbonyl (C=O) groups is 1. The Hall–Kier alpha value is -2.34. The van der Waals surface area contributed by atoms with Crippen molar-refractivity contribution in [2.24, 2.45) is 0 Å². The molecule has 1 N–H and O–H groups in total. The van der Waals surface area contributed by atoms with Gasteiger partial charge in [-0.15, -0.1) is 0 Å². The minimum Gasteiger partial charge on any atom is -0.354 e. The van der Waals surface area contributed by atoms with Gasteiger partial charge in [0.2, 0.25) is 15.9 Å². The van der Waals surface area contributed by atoms with E-state index in [9.17, 15) is 13.2 Å². The van der Waals surface area contributed by atoms with Gasteiger partial charge in [-0.3, -0.25) is 9.10 Å². The van der Waals surface area contributed by atoms with Crippen molar-refractivity contribution in [3.8, 4) is 0 Å². The van der Waals surface area contributed by atoms with Gasteiger partial charge in [0, 0.05) is 6.54 Å². The molecule has 0 aliphatic heterocycles. The third-order valence-corrected chi connectivity index (χ3v) is 5.01. The Morgan fingerprint density at radius 2 is 1.76 bits per heavy atom. The molecule has 5 nitrogen and oxygen atoms in total. The molecule has 6 heteroatoms. The lowest BCUT2D eigenvalue weighted by Gasteiger charge is -2.24. The van der Waals surface area contributed by atoms with Gasteiger partial charge in [0.15, 0.2) is 0 Å². The highest BCUT2D eigenvalue weighted by Crippen LogP contribution is 2.23. The summed E-state index contributed by atoms with van der Waals surface area (Å²) in [5.74, 6) is -0.318. The maximum absolute atomic E-state index is 12.2. The van der Waals surface area contributed by atoms with E-state index in [4.69, 9.17) is 0 Å². The molecule has 2 aromatic carbocycles. The second-order valence-corrected chi connectivity index (χ2v) is 8.05. The van der Waals surface area contributed by atoms with Crippen LogP contribution < -0.4 is 9.62 Å². The molecule has 2 rings (SSSR count). The van der Waals surface area contributed by atoms with Crippen molar-refractivity contribution in [3.63, 3.8) is 0 Å². The third-order valence-electron chi connectivity index (χ3n) is 3.89. The quantitative estimate of drug-likeness (QED) is 0.825. The van der Waals surface area contributed by atoms with E-state index >= 15 is 0 Å². The number of carbonyl (C=O) groups excluding carboxylic acids is 1. The minimum absolute atomic E-state index is 0.225. The van der Waals surface area contributed by atoms with Crippen LogP contribution in [0, 0.1) is 13.8 Å². The van der Waals surface area contributed by atoms with Gasteiger partial charge >= 0.3 is 0 Å². The standard InChI is InChI=1S/C19H24N2O3S/c1-15-9-10-18(16(2)13-15)21(25(3,23)24)14-19(22)20-12-11-17-7-5-4-6-8-17/h4-10,13H,11-12,14H2,1-3H3,(H,20,22). The first kappa shape index (κ1) is 19.0. The summed E-state index contributed by atoms with van der Waals surface area (Å²) in [6, 6.07) is 15.3. The first-order valence-corrected chi connectivity index (χ1v) is 9.98. The highest BCUT2D eigenvalue weighted by Gasteiger charge is 2.22. The molecule has 0 aliphatic carbocycles. The Bertz CT molecular complexity index is 833. The van der Waals surface area contributed by atoms with Crippen LogP contribution in [0.3, 0.4) is 0 Å². The van der Waals surface area contributed by atoms with Crippen molar-refractivity contribution in [3.05, 3.63) is 65.2 Å². The summed E-state index contributed by atoms with van der Waals surface area (Å²) < 4.78 is 25.4. The summed E-state index contributed by atoms with van der Waals surface area (Å²) in [6.07, 6.45) is 1.82. The molecule has 0 fully saturated rings. The maximum atomic E-state index is 12.2. The molecule has 0 unspecified atom stereocenters. The number of anilines is 1. The number of amides is 1. The lowest BCUT2D eigenvalue weighted by atomic mass is 10.1. The van der Waals surface area contributed by atoms with E-state index in [2.05, 4.69) is 5.32 Å². The summed E-state index contributed by atoms with van der Waals surface area (Å²) >= 11 is 0. The molecular formula is C19H24N2O3S. The normalized spacial score (nSPS) is 11.2. The molecule has 0 bridgehead atoms. The number of aryl methyl sites for hydroxylation is 2. The number of sulfonamides is 1. The number of hydrogen-bond acceptors (Lipinski definition) is 3. The number of rotatable bonds is 7. The SMILES string of the molecule is Cc1ccc(N(CC(=O)NCCc2ccccc2)S(C)(=O)=O)c(C)c1. The molecular weight excluding hydrogens is 336 g/mol. The topological polar surface area (TPSA) is 66.5 Å². The van der Waals surface area contributed by atoms with E-state index in [0.29, 0.717) is 18.7 Å². The van der Waals surface area contributed by atoms with Gasteiger partial charge in [0.1, 0.15) is 6.54 Å². The average Bonchev–Trinajstić information content (AvgIpc) is 2.53. The molecule has 25 heavy (non-hydrogen) atoms. The summed E-state index contributed by atoms with van der Waals surface area (Å²) in [5.41, 5.74) is 3.52. The van der Waals surface area contributed by atoms with Gasteiger partial charge in [-0.1, -0.05) is 48.0 Å². The van der Waals surface area contributed by atoms with Crippen molar-refractivity contribution in [2.45, 2.75) is 20.3 Å². The van der Waals surface area contributed by atoms with Crippen LogP contribution in [0.2, 0.25) is 0 Å². The molecule has 0 saturated heterocycles. The van der Waals surface area contributed by atoms with E-state index in [1.54, 1.807) is 6.07 Å². The van der Waals surface area contributed by atoms with Crippen LogP contribution in [0.15, 0.2) is 48.5 Å². The van der Waals surface area contributed by atoms with Crippen LogP contribution in [0.1, 0.15) is 16.7 Å². The van der Waals surface area contributed by atoms with Crippen LogP contribution >= 0.6 is 0 Å². The van der Waals surface area contributed by atoms with Gasteiger partial charge < -0.3 is 5.32 Å². The fourth-order valence-electron chi connectivity index (χ4n) is 2.64. The predicted molar refractivity (Wildman–Crippen MR) is 101 cm³/mol. The molecule has 1 amide bonds. The van der Waals surface area contributed by atoms with Gasteiger partial charge in [-0.2, -0.15) is 0 Å². The Morgan fingerprint density at radius 1 is 1.08 bits per heavy atom. The lowest BCUT2D eigenvalue weighted by molar-refractivity contribution is -0.119. The summed E-state index contributed by atoms with van der Waals surface area (Å²) in [4.78, 5) is 12.2. The van der Waals surface area contributed by atoms with E-state index in [0.717, 1.165) is 27.3 Å². The van der Waals surface area contributed by atoms with E-state index in [1.165, 1.54) is 0 Å². The third kappa shape index (κ3) is 5.60. The molecule has 0 aliphatic rings. The fourth-order valence-corrected chi connectivity index (χ4v) is 3.56. The van der Waals surface area contributed by atoms with Crippen LogP contribution in [-0.2, 0) is 21.2 Å². The fraction of sp³-hybridized carbons (Fsp3) is 0.316. The van der Waals surface area contributed by atoms with Gasteiger partial charge in [-0.25, -0.2) is 8.42 Å². The highest BCUT2D eigenvalue weighted by atomic mass is 32.2. The molecule has 0 aromatic heterocycles. The van der Waals surface area contributed by atoms with Crippen molar-refractivity contribution in [1.82, 2.24) is 5.32 Å². The van der Waals surface area contributed by atoms with Crippen LogP contribution in [0.4, 0.5) is 5.69 Å². The summed E-state index contributed by atoms with van der Waals surface area (Å²) in [7, 11) is -3.55. The Balaban J connectivity index is 2.03. The number of nitrogens with one attached hydrogen (secondary N) is 1. The van der Waals surface area contributed by atoms with Gasteiger partial charge in [-0.05, 0) is 37.5 Å². The average molecular weight is 360 g/mol. The molecule has 134 valence electrons. The highest BCUT2D eigenvalue weighted by molar-refractivity contribution is 7.92. The molecule has 0 saturated carbocycles. The van der Waals surface area contributed by atoms with Crippen LogP contribution in [-0.4, -0.2) is 33.7 Å². The zero-order valence-corrected chi connectivity index (χ0v) is 15.6. The maximum Gasteiger partial charge on any atom is 0.240 e. The first-order valence-electron chi connectivity index (χ1n) is 8.13. The molecule has 0 heterocycles. The van der Waals surface area contributed by atoms with Crippen molar-refractivity contribution in [2.75, 3.05) is 23.7 Å². The molecule has 2 aromatic rings. The van der Waals surface area contributed by atoms with Crippen molar-refractivity contribution >= 4 is 21.6 Å². The first-order chi connectivity index (χ1) is 11.8. The molecule has 0 spiro atoms. The summed E-state index contributed by atoms with van der Waals surface area (Å²) in [5, 5.41) is 2.79. The number of nitrogens with zero attached hydrogens (tertiary/aromatic N) is 1. The largest absolute Gasteiger partial charge is 0.354 e. The van der Waals surface area contributed by atoms with Crippen molar-refractivity contribution in [1.29, 1.82) is 0 Å². The van der Waals surface area contributed by atoms with E-state index < -0.39 is 10.0 Å². The smallest absolute Gasteiger partial charge is 0.240 e. The van der Waals surface area contributed by atoms with E-state index in [1.807, 2.05) is 56.3 Å². The lowest BCUT2D eigenvalue weighted by Crippen LogP contribution is -2.41. The zero-order chi connectivity index (χ0) is 18.4. The number of hydrogen-bond donors (Lipinski definition) is 1. The summed E-state index contributed by atoms with van der Waals surface area (Å²) in [6.45, 7) is 4.02. The van der Waals surface area contributed by atoms with E-state index in [-0.39, 0.29) is 12.5 Å². The predicted octanol–water partition coefficient (Wildman–Crippen LogP) is 2.43. The van der Waals surface area contributed by atoms with Crippen LogP contribution in [0.25, 0.3) is 0 Å². The van der Waals surface area contributed by atoms with Crippen molar-refractivity contribution < 1.29 is 13.2 Å². The van der Waals surface area contributed by atoms with Gasteiger partial charge in [0.05, 0.1) is 11.9 Å². The van der Waals surface area contributed by atoms with Gasteiger partial charge in [0.25, 0.3) is 0 Å². The zero-order valence-electron chi connectivity index (χ0n) is 14.8.